The molecular formula is C22H32O2. The minimum atomic E-state index is -0.582. The average molecular weight is 328 g/mol. The Balaban J connectivity index is 1.62. The summed E-state index contributed by atoms with van der Waals surface area (Å²) < 4.78 is 0. The predicted molar refractivity (Wildman–Crippen MR) is 98.4 cm³/mol. The molecule has 2 aliphatic rings. The van der Waals surface area contributed by atoms with Crippen molar-refractivity contribution in [1.29, 1.82) is 0 Å². The average Bonchev–Trinajstić information content (AvgIpc) is 3.44. The lowest BCUT2D eigenvalue weighted by Gasteiger charge is -2.18. The van der Waals surface area contributed by atoms with E-state index < -0.39 is 5.97 Å². The minimum absolute atomic E-state index is 0.377. The third-order valence-electron chi connectivity index (χ3n) is 6.60. The molecule has 1 aromatic rings. The van der Waals surface area contributed by atoms with E-state index in [4.69, 9.17) is 0 Å². The van der Waals surface area contributed by atoms with Crippen LogP contribution in [0.1, 0.15) is 80.5 Å². The van der Waals surface area contributed by atoms with Gasteiger partial charge in [-0.1, -0.05) is 19.1 Å². The summed E-state index contributed by atoms with van der Waals surface area (Å²) in [5.74, 6) is -0.582. The molecule has 0 aliphatic heterocycles. The number of carboxylic acids is 1. The number of aliphatic carboxylic acids is 1. The first-order valence-corrected chi connectivity index (χ1v) is 9.67. The molecule has 0 heterocycles. The fraction of sp³-hybridized carbons (Fsp3) is 0.682. The number of carbonyl (C=O) groups is 1. The Morgan fingerprint density at radius 1 is 0.958 bits per heavy atom. The highest BCUT2D eigenvalue weighted by Crippen LogP contribution is 2.50. The summed E-state index contributed by atoms with van der Waals surface area (Å²) in [7, 11) is 0. The maximum absolute atomic E-state index is 11.4. The van der Waals surface area contributed by atoms with Gasteiger partial charge in [0.2, 0.25) is 0 Å². The predicted octanol–water partition coefficient (Wildman–Crippen LogP) is 5.61. The summed E-state index contributed by atoms with van der Waals surface area (Å²) in [6, 6.07) is 4.49. The highest BCUT2D eigenvalue weighted by Gasteiger charge is 2.49. The van der Waals surface area contributed by atoms with Crippen molar-refractivity contribution in [2.45, 2.75) is 85.0 Å². The second kappa shape index (κ2) is 6.54. The number of carboxylic acid groups (broad SMARTS) is 1. The van der Waals surface area contributed by atoms with Crippen LogP contribution >= 0.6 is 0 Å². The van der Waals surface area contributed by atoms with E-state index in [2.05, 4.69) is 32.9 Å². The van der Waals surface area contributed by atoms with Crippen LogP contribution in [0.2, 0.25) is 0 Å². The third-order valence-corrected chi connectivity index (χ3v) is 6.60. The van der Waals surface area contributed by atoms with Gasteiger partial charge in [-0.15, -0.1) is 0 Å². The normalized spacial score (nSPS) is 20.0. The summed E-state index contributed by atoms with van der Waals surface area (Å²) in [5.41, 5.74) is 6.09. The zero-order valence-electron chi connectivity index (χ0n) is 15.6. The summed E-state index contributed by atoms with van der Waals surface area (Å²) in [6.45, 7) is 6.86. The molecule has 0 spiro atoms. The van der Waals surface area contributed by atoms with Crippen molar-refractivity contribution in [1.82, 2.24) is 0 Å². The summed E-state index contributed by atoms with van der Waals surface area (Å²) >= 11 is 0. The second-order valence-corrected chi connectivity index (χ2v) is 8.76. The van der Waals surface area contributed by atoms with Crippen LogP contribution in [0.15, 0.2) is 12.1 Å². The van der Waals surface area contributed by atoms with Crippen LogP contribution in [0.25, 0.3) is 0 Å². The van der Waals surface area contributed by atoms with Gasteiger partial charge in [0.1, 0.15) is 0 Å². The molecule has 0 atom stereocenters. The van der Waals surface area contributed by atoms with Crippen molar-refractivity contribution in [2.24, 2.45) is 10.8 Å². The molecule has 0 aromatic heterocycles. The quantitative estimate of drug-likeness (QED) is 0.639. The lowest BCUT2D eigenvalue weighted by molar-refractivity contribution is -0.143. The maximum atomic E-state index is 11.4. The molecule has 1 N–H and O–H groups in total. The van der Waals surface area contributed by atoms with Gasteiger partial charge < -0.3 is 5.11 Å². The molecule has 0 amide bonds. The first kappa shape index (κ1) is 17.5. The molecule has 24 heavy (non-hydrogen) atoms. The highest BCUT2D eigenvalue weighted by atomic mass is 16.4. The number of hydrogen-bond donors (Lipinski definition) is 1. The summed E-state index contributed by atoms with van der Waals surface area (Å²) in [4.78, 5) is 11.4. The third kappa shape index (κ3) is 3.84. The van der Waals surface area contributed by atoms with Gasteiger partial charge in [-0.3, -0.25) is 4.79 Å². The van der Waals surface area contributed by atoms with Gasteiger partial charge in [-0.2, -0.15) is 0 Å². The van der Waals surface area contributed by atoms with Gasteiger partial charge in [-0.25, -0.2) is 0 Å². The van der Waals surface area contributed by atoms with Gasteiger partial charge in [-0.05, 0) is 106 Å². The number of hydrogen-bond acceptors (Lipinski definition) is 1. The maximum Gasteiger partial charge on any atom is 0.309 e. The van der Waals surface area contributed by atoms with Crippen molar-refractivity contribution in [3.05, 3.63) is 34.4 Å². The molecule has 3 rings (SSSR count). The van der Waals surface area contributed by atoms with Crippen LogP contribution in [0.3, 0.4) is 0 Å². The Hall–Kier alpha value is -1.31. The van der Waals surface area contributed by atoms with Crippen LogP contribution < -0.4 is 0 Å². The van der Waals surface area contributed by atoms with Crippen LogP contribution in [0.5, 0.6) is 0 Å². The smallest absolute Gasteiger partial charge is 0.309 e. The van der Waals surface area contributed by atoms with E-state index in [1.54, 1.807) is 5.56 Å². The molecule has 0 bridgehead atoms. The van der Waals surface area contributed by atoms with E-state index in [-0.39, 0.29) is 5.41 Å². The van der Waals surface area contributed by atoms with Crippen molar-refractivity contribution >= 4 is 5.97 Å². The summed E-state index contributed by atoms with van der Waals surface area (Å²) in [5, 5.41) is 9.35. The van der Waals surface area contributed by atoms with E-state index in [0.29, 0.717) is 5.41 Å². The SMILES string of the molecule is Cc1ccc(C)c(CCCC2(C(=O)O)CC2)c1CCCC1(C)CC1. The number of rotatable bonds is 9. The largest absolute Gasteiger partial charge is 0.481 e. The number of aryl methyl sites for hydroxylation is 2. The zero-order chi connectivity index (χ0) is 17.4. The van der Waals surface area contributed by atoms with Crippen LogP contribution in [-0.4, -0.2) is 11.1 Å². The number of benzene rings is 1. The zero-order valence-corrected chi connectivity index (χ0v) is 15.6. The molecule has 2 fully saturated rings. The van der Waals surface area contributed by atoms with Crippen molar-refractivity contribution < 1.29 is 9.90 Å². The van der Waals surface area contributed by atoms with Gasteiger partial charge in [0.25, 0.3) is 0 Å². The van der Waals surface area contributed by atoms with Crippen LogP contribution in [0.4, 0.5) is 0 Å². The molecular weight excluding hydrogens is 296 g/mol. The Morgan fingerprint density at radius 3 is 1.88 bits per heavy atom. The van der Waals surface area contributed by atoms with E-state index >= 15 is 0 Å². The highest BCUT2D eigenvalue weighted by molar-refractivity contribution is 5.77. The standard InChI is InChI=1S/C22H32O2/c1-16-8-9-17(2)19(7-5-11-22(14-15-22)20(23)24)18(16)6-4-10-21(3)12-13-21/h8-9H,4-7,10-15H2,1-3H3,(H,23,24). The molecule has 1 aromatic carbocycles. The molecule has 2 heteroatoms. The van der Waals surface area contributed by atoms with Gasteiger partial charge in [0.05, 0.1) is 5.41 Å². The van der Waals surface area contributed by atoms with E-state index in [0.717, 1.165) is 32.1 Å². The van der Waals surface area contributed by atoms with Crippen LogP contribution in [-0.2, 0) is 17.6 Å². The van der Waals surface area contributed by atoms with Crippen molar-refractivity contribution in [3.63, 3.8) is 0 Å². The summed E-state index contributed by atoms with van der Waals surface area (Å²) in [6.07, 6.45) is 11.3. The molecule has 2 nitrogen and oxygen atoms in total. The molecule has 0 unspecified atom stereocenters. The Labute approximate surface area is 146 Å². The Morgan fingerprint density at radius 2 is 1.46 bits per heavy atom. The minimum Gasteiger partial charge on any atom is -0.481 e. The van der Waals surface area contributed by atoms with E-state index in [9.17, 15) is 9.90 Å². The van der Waals surface area contributed by atoms with E-state index in [1.807, 2.05) is 0 Å². The topological polar surface area (TPSA) is 37.3 Å². The lowest BCUT2D eigenvalue weighted by atomic mass is 9.88. The Bertz CT molecular complexity index is 621. The lowest BCUT2D eigenvalue weighted by Crippen LogP contribution is -2.15. The van der Waals surface area contributed by atoms with E-state index in [1.165, 1.54) is 48.8 Å². The van der Waals surface area contributed by atoms with Crippen molar-refractivity contribution in [2.75, 3.05) is 0 Å². The van der Waals surface area contributed by atoms with Crippen molar-refractivity contribution in [3.8, 4) is 0 Å². The van der Waals surface area contributed by atoms with Gasteiger partial charge in [0.15, 0.2) is 0 Å². The molecule has 132 valence electrons. The van der Waals surface area contributed by atoms with Gasteiger partial charge in [0, 0.05) is 0 Å². The first-order chi connectivity index (χ1) is 11.4. The Kier molecular flexibility index (Phi) is 4.77. The fourth-order valence-corrected chi connectivity index (χ4v) is 4.10. The van der Waals surface area contributed by atoms with Crippen LogP contribution in [0, 0.1) is 24.7 Å². The monoisotopic (exact) mass is 328 g/mol. The molecule has 0 saturated heterocycles. The first-order valence-electron chi connectivity index (χ1n) is 9.67. The van der Waals surface area contributed by atoms with Gasteiger partial charge >= 0.3 is 5.97 Å². The molecule has 0 radical (unpaired) electrons. The fourth-order valence-electron chi connectivity index (χ4n) is 4.10. The molecule has 2 saturated carbocycles. The molecule has 2 aliphatic carbocycles. The second-order valence-electron chi connectivity index (χ2n) is 8.76.